The van der Waals surface area contributed by atoms with Crippen LogP contribution in [0.4, 0.5) is 0 Å². The van der Waals surface area contributed by atoms with Crippen LogP contribution in [-0.4, -0.2) is 55.4 Å². The third kappa shape index (κ3) is 3.08. The smallest absolute Gasteiger partial charge is 0.124 e. The number of nitrogens with zero attached hydrogens (tertiary/aromatic N) is 2. The summed E-state index contributed by atoms with van der Waals surface area (Å²) in [5, 5.41) is 0. The van der Waals surface area contributed by atoms with E-state index in [0.29, 0.717) is 6.04 Å². The summed E-state index contributed by atoms with van der Waals surface area (Å²) < 4.78 is 0. The molecule has 0 spiro atoms. The van der Waals surface area contributed by atoms with Gasteiger partial charge in [-0.15, -0.1) is 0 Å². The summed E-state index contributed by atoms with van der Waals surface area (Å²) in [5.41, 5.74) is 0. The van der Waals surface area contributed by atoms with Crippen LogP contribution in [0.25, 0.3) is 0 Å². The van der Waals surface area contributed by atoms with Crippen LogP contribution in [0.2, 0.25) is 0 Å². The lowest BCUT2D eigenvalue weighted by atomic mass is 10.1. The molecule has 2 atom stereocenters. The van der Waals surface area contributed by atoms with Gasteiger partial charge in [0.2, 0.25) is 0 Å². The van der Waals surface area contributed by atoms with E-state index in [2.05, 4.69) is 23.8 Å². The lowest BCUT2D eigenvalue weighted by Crippen LogP contribution is -2.51. The highest BCUT2D eigenvalue weighted by Crippen LogP contribution is 2.09. The van der Waals surface area contributed by atoms with Gasteiger partial charge >= 0.3 is 0 Å². The summed E-state index contributed by atoms with van der Waals surface area (Å²) in [6, 6.07) is 0.584. The number of piperazine rings is 1. The first kappa shape index (κ1) is 10.7. The van der Waals surface area contributed by atoms with Crippen molar-refractivity contribution in [3.05, 3.63) is 0 Å². The summed E-state index contributed by atoms with van der Waals surface area (Å²) in [7, 11) is 2.15. The minimum Gasteiger partial charge on any atom is -0.304 e. The van der Waals surface area contributed by atoms with Gasteiger partial charge in [0.25, 0.3) is 0 Å². The van der Waals surface area contributed by atoms with Crippen molar-refractivity contribution in [3.63, 3.8) is 0 Å². The average Bonchev–Trinajstić information content (AvgIpc) is 2.09. The molecule has 0 amide bonds. The maximum Gasteiger partial charge on any atom is 0.124 e. The second kappa shape index (κ2) is 4.72. The van der Waals surface area contributed by atoms with E-state index in [9.17, 15) is 4.79 Å². The van der Waals surface area contributed by atoms with Crippen LogP contribution in [0.5, 0.6) is 0 Å². The van der Waals surface area contributed by atoms with E-state index >= 15 is 0 Å². The fourth-order valence-corrected chi connectivity index (χ4v) is 1.86. The van der Waals surface area contributed by atoms with Gasteiger partial charge in [-0.3, -0.25) is 4.90 Å². The number of carbonyl (C=O) groups excluding carboxylic acids is 1. The average molecular weight is 184 g/mol. The molecule has 0 bridgehead atoms. The van der Waals surface area contributed by atoms with Crippen LogP contribution in [0.15, 0.2) is 0 Å². The third-order valence-corrected chi connectivity index (χ3v) is 2.72. The molecule has 13 heavy (non-hydrogen) atoms. The van der Waals surface area contributed by atoms with Gasteiger partial charge in [0.05, 0.1) is 0 Å². The molecular weight excluding hydrogens is 164 g/mol. The van der Waals surface area contributed by atoms with Crippen molar-refractivity contribution in [2.24, 2.45) is 5.92 Å². The van der Waals surface area contributed by atoms with E-state index in [-0.39, 0.29) is 5.92 Å². The van der Waals surface area contributed by atoms with Crippen LogP contribution in [0.1, 0.15) is 13.8 Å². The molecular formula is C10H20N2O. The Kier molecular flexibility index (Phi) is 3.88. The van der Waals surface area contributed by atoms with Crippen LogP contribution < -0.4 is 0 Å². The van der Waals surface area contributed by atoms with E-state index in [0.717, 1.165) is 32.5 Å². The number of rotatable bonds is 3. The molecule has 1 aliphatic heterocycles. The molecule has 0 aliphatic carbocycles. The first-order valence-electron chi connectivity index (χ1n) is 5.01. The van der Waals surface area contributed by atoms with Crippen molar-refractivity contribution < 1.29 is 4.79 Å². The van der Waals surface area contributed by atoms with E-state index in [1.54, 1.807) is 0 Å². The molecule has 0 aromatic rings. The van der Waals surface area contributed by atoms with Gasteiger partial charge in [0.15, 0.2) is 0 Å². The minimum atomic E-state index is 0.172. The van der Waals surface area contributed by atoms with Crippen LogP contribution in [-0.2, 0) is 4.79 Å². The topological polar surface area (TPSA) is 23.6 Å². The number of hydrogen-bond donors (Lipinski definition) is 0. The Balaban J connectivity index is 2.37. The molecule has 3 heteroatoms. The SMILES string of the molecule is CC(C=O)CN1CCN(C)CC1C. The first-order chi connectivity index (χ1) is 6.13. The Morgan fingerprint density at radius 2 is 2.23 bits per heavy atom. The second-order valence-electron chi connectivity index (χ2n) is 4.22. The molecule has 1 rings (SSSR count). The number of aldehydes is 1. The Morgan fingerprint density at radius 3 is 2.77 bits per heavy atom. The zero-order chi connectivity index (χ0) is 9.84. The Labute approximate surface area is 80.7 Å². The number of hydrogen-bond acceptors (Lipinski definition) is 3. The molecule has 0 radical (unpaired) electrons. The van der Waals surface area contributed by atoms with Crippen molar-refractivity contribution in [1.82, 2.24) is 9.80 Å². The molecule has 1 heterocycles. The molecule has 76 valence electrons. The normalized spacial score (nSPS) is 28.7. The minimum absolute atomic E-state index is 0.172. The lowest BCUT2D eigenvalue weighted by Gasteiger charge is -2.38. The van der Waals surface area contributed by atoms with Crippen LogP contribution in [0, 0.1) is 5.92 Å². The van der Waals surface area contributed by atoms with E-state index in [4.69, 9.17) is 0 Å². The molecule has 3 nitrogen and oxygen atoms in total. The van der Waals surface area contributed by atoms with Crippen molar-refractivity contribution in [1.29, 1.82) is 0 Å². The molecule has 1 aliphatic rings. The van der Waals surface area contributed by atoms with E-state index in [1.807, 2.05) is 6.92 Å². The van der Waals surface area contributed by atoms with Gasteiger partial charge in [-0.2, -0.15) is 0 Å². The predicted octanol–water partition coefficient (Wildman–Crippen LogP) is 0.457. The van der Waals surface area contributed by atoms with Crippen molar-refractivity contribution >= 4 is 6.29 Å². The molecule has 1 fully saturated rings. The highest BCUT2D eigenvalue weighted by molar-refractivity contribution is 5.53. The zero-order valence-electron chi connectivity index (χ0n) is 8.86. The van der Waals surface area contributed by atoms with Crippen LogP contribution in [0.3, 0.4) is 0 Å². The quantitative estimate of drug-likeness (QED) is 0.595. The Morgan fingerprint density at radius 1 is 1.54 bits per heavy atom. The van der Waals surface area contributed by atoms with Crippen molar-refractivity contribution in [3.8, 4) is 0 Å². The molecule has 0 saturated carbocycles. The molecule has 2 unspecified atom stereocenters. The van der Waals surface area contributed by atoms with Gasteiger partial charge in [-0.05, 0) is 14.0 Å². The molecule has 0 N–H and O–H groups in total. The second-order valence-corrected chi connectivity index (χ2v) is 4.22. The molecule has 0 aromatic heterocycles. The van der Waals surface area contributed by atoms with Gasteiger partial charge < -0.3 is 9.69 Å². The monoisotopic (exact) mass is 184 g/mol. The number of carbonyl (C=O) groups is 1. The zero-order valence-corrected chi connectivity index (χ0v) is 8.86. The van der Waals surface area contributed by atoms with Gasteiger partial charge in [0, 0.05) is 38.1 Å². The molecule has 1 saturated heterocycles. The highest BCUT2D eigenvalue weighted by atomic mass is 16.1. The third-order valence-electron chi connectivity index (χ3n) is 2.72. The standard InChI is InChI=1S/C10H20N2O/c1-9(8-13)6-12-5-4-11(3)7-10(12)2/h8-10H,4-7H2,1-3H3. The summed E-state index contributed by atoms with van der Waals surface area (Å²) in [6.45, 7) is 8.46. The largest absolute Gasteiger partial charge is 0.304 e. The summed E-state index contributed by atoms with van der Waals surface area (Å²) >= 11 is 0. The van der Waals surface area contributed by atoms with Gasteiger partial charge in [-0.25, -0.2) is 0 Å². The highest BCUT2D eigenvalue weighted by Gasteiger charge is 2.22. The van der Waals surface area contributed by atoms with E-state index < -0.39 is 0 Å². The Bertz CT molecular complexity index is 172. The van der Waals surface area contributed by atoms with Gasteiger partial charge in [0.1, 0.15) is 6.29 Å². The lowest BCUT2D eigenvalue weighted by molar-refractivity contribution is -0.111. The summed E-state index contributed by atoms with van der Waals surface area (Å²) in [5.74, 6) is 0.172. The van der Waals surface area contributed by atoms with Crippen molar-refractivity contribution in [2.75, 3.05) is 33.2 Å². The van der Waals surface area contributed by atoms with E-state index in [1.165, 1.54) is 0 Å². The first-order valence-corrected chi connectivity index (χ1v) is 5.01. The predicted molar refractivity (Wildman–Crippen MR) is 53.8 cm³/mol. The fourth-order valence-electron chi connectivity index (χ4n) is 1.86. The maximum atomic E-state index is 10.5. The summed E-state index contributed by atoms with van der Waals surface area (Å²) in [4.78, 5) is 15.3. The molecule has 0 aromatic carbocycles. The fraction of sp³-hybridized carbons (Fsp3) is 0.900. The number of likely N-dealkylation sites (N-methyl/N-ethyl adjacent to an activating group) is 1. The van der Waals surface area contributed by atoms with Gasteiger partial charge in [-0.1, -0.05) is 6.92 Å². The Hall–Kier alpha value is -0.410. The van der Waals surface area contributed by atoms with Crippen LogP contribution >= 0.6 is 0 Å². The van der Waals surface area contributed by atoms with Crippen molar-refractivity contribution in [2.45, 2.75) is 19.9 Å². The maximum absolute atomic E-state index is 10.5. The summed E-state index contributed by atoms with van der Waals surface area (Å²) in [6.07, 6.45) is 1.05.